The summed E-state index contributed by atoms with van der Waals surface area (Å²) in [6.07, 6.45) is 0. The number of sulfone groups is 1. The van der Waals surface area contributed by atoms with Crippen LogP contribution in [0.3, 0.4) is 0 Å². The minimum absolute atomic E-state index is 0.364. The number of anilines is 1. The number of carboxylic acid groups (broad SMARTS) is 1. The van der Waals surface area contributed by atoms with Crippen LogP contribution in [0.25, 0.3) is 10.8 Å². The van der Waals surface area contributed by atoms with Crippen LogP contribution >= 0.6 is 0 Å². The molecule has 8 heteroatoms. The van der Waals surface area contributed by atoms with Crippen molar-refractivity contribution in [3.05, 3.63) is 36.4 Å². The van der Waals surface area contributed by atoms with E-state index in [1.807, 2.05) is 0 Å². The van der Waals surface area contributed by atoms with Crippen molar-refractivity contribution in [1.82, 2.24) is 0 Å². The van der Waals surface area contributed by atoms with E-state index in [1.54, 1.807) is 57.2 Å². The second-order valence-corrected chi connectivity index (χ2v) is 9.50. The van der Waals surface area contributed by atoms with Gasteiger partial charge in [-0.05, 0) is 32.9 Å². The van der Waals surface area contributed by atoms with Crippen molar-refractivity contribution >= 4 is 38.2 Å². The first-order chi connectivity index (χ1) is 12.0. The Balaban J connectivity index is 2.30. The quantitative estimate of drug-likeness (QED) is 0.798. The van der Waals surface area contributed by atoms with Crippen molar-refractivity contribution in [2.75, 3.05) is 17.7 Å². The van der Waals surface area contributed by atoms with Crippen molar-refractivity contribution in [3.8, 4) is 5.75 Å². The number of aliphatic carboxylic acids is 1. The molecule has 26 heavy (non-hydrogen) atoms. The summed E-state index contributed by atoms with van der Waals surface area (Å²) in [5, 5.41) is 12.6. The molecule has 0 atom stereocenters. The zero-order chi connectivity index (χ0) is 19.5. The molecular weight excluding hydrogens is 358 g/mol. The van der Waals surface area contributed by atoms with Gasteiger partial charge < -0.3 is 15.2 Å². The van der Waals surface area contributed by atoms with E-state index in [-0.39, 0.29) is 0 Å². The summed E-state index contributed by atoms with van der Waals surface area (Å²) in [6, 6.07) is 10.1. The van der Waals surface area contributed by atoms with Crippen molar-refractivity contribution in [3.63, 3.8) is 0 Å². The zero-order valence-corrected chi connectivity index (χ0v) is 15.6. The van der Waals surface area contributed by atoms with E-state index in [9.17, 15) is 18.0 Å². The number of carboxylic acids is 1. The number of amides is 1. The maximum Gasteiger partial charge on any atom is 0.341 e. The van der Waals surface area contributed by atoms with Gasteiger partial charge in [0.25, 0.3) is 0 Å². The van der Waals surface area contributed by atoms with Gasteiger partial charge in [0.15, 0.2) is 16.4 Å². The second kappa shape index (κ2) is 7.33. The highest BCUT2D eigenvalue weighted by molar-refractivity contribution is 7.93. The van der Waals surface area contributed by atoms with Crippen LogP contribution in [0.2, 0.25) is 0 Å². The number of carbonyl (C=O) groups excluding carboxylic acids is 1. The number of nitrogens with one attached hydrogen (secondary N) is 1. The van der Waals surface area contributed by atoms with Gasteiger partial charge in [0.1, 0.15) is 11.5 Å². The van der Waals surface area contributed by atoms with Crippen LogP contribution in [0.4, 0.5) is 5.69 Å². The predicted molar refractivity (Wildman–Crippen MR) is 99.2 cm³/mol. The van der Waals surface area contributed by atoms with Crippen LogP contribution in [-0.4, -0.2) is 42.5 Å². The SMILES string of the molecule is CC(C)(C)S(=O)(=O)CC(=O)Nc1ccc(OCC(=O)O)c2ccccc12. The molecule has 0 bridgehead atoms. The first-order valence-electron chi connectivity index (χ1n) is 7.90. The minimum atomic E-state index is -3.60. The van der Waals surface area contributed by atoms with Crippen LogP contribution in [0, 0.1) is 0 Å². The summed E-state index contributed by atoms with van der Waals surface area (Å²) in [7, 11) is -3.60. The molecule has 0 fully saturated rings. The molecule has 2 rings (SSSR count). The second-order valence-electron chi connectivity index (χ2n) is 6.76. The average Bonchev–Trinajstić information content (AvgIpc) is 2.52. The Labute approximate surface area is 151 Å². The summed E-state index contributed by atoms with van der Waals surface area (Å²) >= 11 is 0. The highest BCUT2D eigenvalue weighted by Crippen LogP contribution is 2.31. The molecule has 140 valence electrons. The largest absolute Gasteiger partial charge is 0.481 e. The Morgan fingerprint density at radius 3 is 2.27 bits per heavy atom. The Kier molecular flexibility index (Phi) is 5.56. The topological polar surface area (TPSA) is 110 Å². The maximum atomic E-state index is 12.2. The minimum Gasteiger partial charge on any atom is -0.481 e. The zero-order valence-electron chi connectivity index (χ0n) is 14.8. The van der Waals surface area contributed by atoms with Crippen LogP contribution in [0.1, 0.15) is 20.8 Å². The number of rotatable bonds is 6. The molecule has 0 saturated heterocycles. The van der Waals surface area contributed by atoms with Crippen LogP contribution in [-0.2, 0) is 19.4 Å². The molecule has 0 aliphatic carbocycles. The lowest BCUT2D eigenvalue weighted by Crippen LogP contribution is -2.35. The number of carbonyl (C=O) groups is 2. The van der Waals surface area contributed by atoms with Gasteiger partial charge in [0.05, 0.1) is 4.75 Å². The molecular formula is C18H21NO6S. The van der Waals surface area contributed by atoms with Gasteiger partial charge in [0.2, 0.25) is 5.91 Å². The van der Waals surface area contributed by atoms with Crippen LogP contribution in [0.15, 0.2) is 36.4 Å². The van der Waals surface area contributed by atoms with Gasteiger partial charge in [-0.1, -0.05) is 24.3 Å². The van der Waals surface area contributed by atoms with Gasteiger partial charge in [-0.2, -0.15) is 0 Å². The van der Waals surface area contributed by atoms with E-state index < -0.39 is 38.8 Å². The van der Waals surface area contributed by atoms with Gasteiger partial charge in [-0.15, -0.1) is 0 Å². The van der Waals surface area contributed by atoms with E-state index in [4.69, 9.17) is 9.84 Å². The maximum absolute atomic E-state index is 12.2. The molecule has 7 nitrogen and oxygen atoms in total. The summed E-state index contributed by atoms with van der Waals surface area (Å²) < 4.78 is 28.6. The Hall–Kier alpha value is -2.61. The number of hydrogen-bond acceptors (Lipinski definition) is 5. The van der Waals surface area contributed by atoms with Gasteiger partial charge >= 0.3 is 5.97 Å². The van der Waals surface area contributed by atoms with Gasteiger partial charge in [-0.3, -0.25) is 4.79 Å². The molecule has 1 amide bonds. The number of benzene rings is 2. The van der Waals surface area contributed by atoms with Crippen LogP contribution < -0.4 is 10.1 Å². The smallest absolute Gasteiger partial charge is 0.341 e. The van der Waals surface area contributed by atoms with E-state index in [0.29, 0.717) is 22.2 Å². The average molecular weight is 379 g/mol. The Morgan fingerprint density at radius 2 is 1.69 bits per heavy atom. The molecule has 0 heterocycles. The highest BCUT2D eigenvalue weighted by Gasteiger charge is 2.31. The third-order valence-corrected chi connectivity index (χ3v) is 6.27. The third-order valence-electron chi connectivity index (χ3n) is 3.76. The number of hydrogen-bond donors (Lipinski definition) is 2. The normalized spacial score (nSPS) is 12.0. The summed E-state index contributed by atoms with van der Waals surface area (Å²) in [5.41, 5.74) is 0.428. The Bertz CT molecular complexity index is 944. The van der Waals surface area contributed by atoms with Gasteiger partial charge in [0, 0.05) is 16.5 Å². The van der Waals surface area contributed by atoms with Gasteiger partial charge in [-0.25, -0.2) is 13.2 Å². The molecule has 2 N–H and O–H groups in total. The van der Waals surface area contributed by atoms with Crippen molar-refractivity contribution < 1.29 is 27.9 Å². The molecule has 0 saturated carbocycles. The number of fused-ring (bicyclic) bond motifs is 1. The fourth-order valence-corrected chi connectivity index (χ4v) is 3.07. The lowest BCUT2D eigenvalue weighted by molar-refractivity contribution is -0.139. The molecule has 2 aromatic rings. The molecule has 0 aliphatic rings. The predicted octanol–water partition coefficient (Wildman–Crippen LogP) is 2.46. The van der Waals surface area contributed by atoms with E-state index in [0.717, 1.165) is 0 Å². The number of ether oxygens (including phenoxy) is 1. The third kappa shape index (κ3) is 4.51. The van der Waals surface area contributed by atoms with Crippen LogP contribution in [0.5, 0.6) is 5.75 Å². The molecule has 2 aromatic carbocycles. The van der Waals surface area contributed by atoms with Crippen molar-refractivity contribution in [1.29, 1.82) is 0 Å². The fraction of sp³-hybridized carbons (Fsp3) is 0.333. The molecule has 0 spiro atoms. The summed E-state index contributed by atoms with van der Waals surface area (Å²) in [6.45, 7) is 4.14. The highest BCUT2D eigenvalue weighted by atomic mass is 32.2. The standard InChI is InChI=1S/C18H21NO6S/c1-18(2,3)26(23,24)11-16(20)19-14-8-9-15(25-10-17(21)22)13-7-5-4-6-12(13)14/h4-9H,10-11H2,1-3H3,(H,19,20)(H,21,22). The van der Waals surface area contributed by atoms with E-state index >= 15 is 0 Å². The molecule has 0 unspecified atom stereocenters. The fourth-order valence-electron chi connectivity index (χ4n) is 2.22. The first kappa shape index (κ1) is 19.7. The van der Waals surface area contributed by atoms with E-state index in [2.05, 4.69) is 5.32 Å². The molecule has 0 aliphatic heterocycles. The summed E-state index contributed by atoms with van der Waals surface area (Å²) in [5.74, 6) is -1.99. The molecule has 0 radical (unpaired) electrons. The summed E-state index contributed by atoms with van der Waals surface area (Å²) in [4.78, 5) is 22.9. The first-order valence-corrected chi connectivity index (χ1v) is 9.55. The lowest BCUT2D eigenvalue weighted by Gasteiger charge is -2.19. The Morgan fingerprint density at radius 1 is 1.08 bits per heavy atom. The van der Waals surface area contributed by atoms with E-state index in [1.165, 1.54) is 0 Å². The molecule has 0 aromatic heterocycles. The van der Waals surface area contributed by atoms with Crippen molar-refractivity contribution in [2.45, 2.75) is 25.5 Å². The lowest BCUT2D eigenvalue weighted by atomic mass is 10.1. The monoisotopic (exact) mass is 379 g/mol. The van der Waals surface area contributed by atoms with Crippen molar-refractivity contribution in [2.24, 2.45) is 0 Å².